The molecule has 1 aromatic heterocycles. The van der Waals surface area contributed by atoms with Crippen molar-refractivity contribution in [3.63, 3.8) is 0 Å². The Morgan fingerprint density at radius 2 is 1.84 bits per heavy atom. The summed E-state index contributed by atoms with van der Waals surface area (Å²) in [4.78, 5) is 4.55. The number of phenols is 1. The second kappa shape index (κ2) is 5.03. The van der Waals surface area contributed by atoms with Crippen molar-refractivity contribution in [2.24, 2.45) is 0 Å². The second-order valence-corrected chi connectivity index (χ2v) is 5.36. The van der Waals surface area contributed by atoms with Crippen molar-refractivity contribution in [1.82, 2.24) is 4.98 Å². The Labute approximate surface area is 120 Å². The molecular weight excluding hydrogens is 278 g/mol. The number of rotatable bonds is 2. The minimum absolute atomic E-state index is 0.193. The number of benzene rings is 2. The molecule has 0 fully saturated rings. The van der Waals surface area contributed by atoms with E-state index in [0.29, 0.717) is 10.6 Å². The Balaban J connectivity index is 2.04. The molecule has 94 valence electrons. The molecule has 0 saturated heterocycles. The van der Waals surface area contributed by atoms with E-state index in [1.54, 1.807) is 18.2 Å². The third-order valence-corrected chi connectivity index (χ3v) is 3.87. The Hall–Kier alpha value is -1.84. The Morgan fingerprint density at radius 3 is 2.63 bits per heavy atom. The predicted molar refractivity (Wildman–Crippen MR) is 79.7 cm³/mol. The summed E-state index contributed by atoms with van der Waals surface area (Å²) in [5.74, 6) is 0.193. The average molecular weight is 288 g/mol. The lowest BCUT2D eigenvalue weighted by Crippen LogP contribution is -1.80. The Morgan fingerprint density at radius 1 is 1.05 bits per heavy atom. The summed E-state index contributed by atoms with van der Waals surface area (Å²) in [5.41, 5.74) is 2.63. The highest BCUT2D eigenvalue weighted by atomic mass is 35.5. The lowest BCUT2D eigenvalue weighted by atomic mass is 10.2. The third-order valence-electron chi connectivity index (χ3n) is 2.76. The van der Waals surface area contributed by atoms with Crippen LogP contribution in [0.15, 0.2) is 53.9 Å². The van der Waals surface area contributed by atoms with E-state index in [1.807, 2.05) is 35.7 Å². The van der Waals surface area contributed by atoms with E-state index < -0.39 is 0 Å². The van der Waals surface area contributed by atoms with Gasteiger partial charge in [0.15, 0.2) is 0 Å². The molecule has 0 aliphatic heterocycles. The number of hydrogen-bond donors (Lipinski definition) is 1. The molecule has 1 N–H and O–H groups in total. The van der Waals surface area contributed by atoms with Gasteiger partial charge < -0.3 is 5.11 Å². The molecular formula is C15H10ClNOS. The van der Waals surface area contributed by atoms with Crippen LogP contribution in [0.3, 0.4) is 0 Å². The molecule has 0 aliphatic rings. The van der Waals surface area contributed by atoms with Crippen LogP contribution in [-0.2, 0) is 0 Å². The summed E-state index contributed by atoms with van der Waals surface area (Å²) >= 11 is 7.45. The van der Waals surface area contributed by atoms with E-state index >= 15 is 0 Å². The molecule has 0 amide bonds. The lowest BCUT2D eigenvalue weighted by Gasteiger charge is -2.01. The number of nitrogens with zero attached hydrogens (tertiary/aromatic N) is 1. The zero-order valence-electron chi connectivity index (χ0n) is 9.88. The number of halogens is 1. The predicted octanol–water partition coefficient (Wildman–Crippen LogP) is 4.84. The van der Waals surface area contributed by atoms with Gasteiger partial charge in [0, 0.05) is 16.0 Å². The van der Waals surface area contributed by atoms with Gasteiger partial charge in [-0.2, -0.15) is 0 Å². The van der Waals surface area contributed by atoms with Gasteiger partial charge in [0.25, 0.3) is 0 Å². The molecule has 3 rings (SSSR count). The third kappa shape index (κ3) is 2.48. The second-order valence-electron chi connectivity index (χ2n) is 4.07. The van der Waals surface area contributed by atoms with Crippen molar-refractivity contribution < 1.29 is 5.11 Å². The number of phenolic OH excluding ortho intramolecular Hbond substituents is 1. The van der Waals surface area contributed by atoms with Crippen molar-refractivity contribution in [2.75, 3.05) is 0 Å². The maximum absolute atomic E-state index is 9.88. The topological polar surface area (TPSA) is 33.1 Å². The van der Waals surface area contributed by atoms with E-state index in [-0.39, 0.29) is 5.75 Å². The monoisotopic (exact) mass is 287 g/mol. The quantitative estimate of drug-likeness (QED) is 0.732. The zero-order valence-corrected chi connectivity index (χ0v) is 11.4. The molecule has 0 aliphatic carbocycles. The number of thiazole rings is 1. The molecule has 4 heteroatoms. The van der Waals surface area contributed by atoms with Crippen LogP contribution in [0.1, 0.15) is 0 Å². The molecule has 2 nitrogen and oxygen atoms in total. The number of aromatic hydroxyl groups is 1. The van der Waals surface area contributed by atoms with Crippen molar-refractivity contribution >= 4 is 22.9 Å². The van der Waals surface area contributed by atoms with E-state index in [1.165, 1.54) is 11.3 Å². The highest BCUT2D eigenvalue weighted by Crippen LogP contribution is 2.35. The molecule has 1 heterocycles. The van der Waals surface area contributed by atoms with E-state index in [9.17, 15) is 5.11 Å². The van der Waals surface area contributed by atoms with E-state index in [0.717, 1.165) is 16.3 Å². The summed E-state index contributed by atoms with van der Waals surface area (Å²) in [6, 6.07) is 14.9. The Bertz CT molecular complexity index is 709. The first kappa shape index (κ1) is 12.2. The van der Waals surface area contributed by atoms with Gasteiger partial charge in [0.1, 0.15) is 10.8 Å². The van der Waals surface area contributed by atoms with Gasteiger partial charge in [-0.25, -0.2) is 4.98 Å². The lowest BCUT2D eigenvalue weighted by molar-refractivity contribution is 0.477. The van der Waals surface area contributed by atoms with Crippen molar-refractivity contribution in [3.8, 4) is 27.6 Å². The molecule has 2 aromatic carbocycles. The van der Waals surface area contributed by atoms with Crippen LogP contribution >= 0.6 is 22.9 Å². The van der Waals surface area contributed by atoms with Gasteiger partial charge in [-0.15, -0.1) is 11.3 Å². The smallest absolute Gasteiger partial charge is 0.127 e. The first-order valence-electron chi connectivity index (χ1n) is 5.74. The fraction of sp³-hybridized carbons (Fsp3) is 0. The summed E-state index contributed by atoms with van der Waals surface area (Å²) < 4.78 is 0. The molecule has 19 heavy (non-hydrogen) atoms. The molecule has 0 unspecified atom stereocenters. The highest BCUT2D eigenvalue weighted by Gasteiger charge is 2.10. The summed E-state index contributed by atoms with van der Waals surface area (Å²) in [6.07, 6.45) is 0. The zero-order chi connectivity index (χ0) is 13.2. The SMILES string of the molecule is Oc1ccc(Cl)cc1-c1nc(-c2ccccc2)cs1. The first-order valence-corrected chi connectivity index (χ1v) is 6.99. The van der Waals surface area contributed by atoms with Gasteiger partial charge in [0.2, 0.25) is 0 Å². The fourth-order valence-electron chi connectivity index (χ4n) is 1.82. The molecule has 0 atom stereocenters. The van der Waals surface area contributed by atoms with Crippen LogP contribution in [0.2, 0.25) is 5.02 Å². The van der Waals surface area contributed by atoms with Crippen molar-refractivity contribution in [1.29, 1.82) is 0 Å². The van der Waals surface area contributed by atoms with Crippen LogP contribution in [0, 0.1) is 0 Å². The summed E-state index contributed by atoms with van der Waals surface area (Å²) in [7, 11) is 0. The van der Waals surface area contributed by atoms with E-state index in [4.69, 9.17) is 11.6 Å². The van der Waals surface area contributed by atoms with E-state index in [2.05, 4.69) is 4.98 Å². The van der Waals surface area contributed by atoms with Gasteiger partial charge in [-0.05, 0) is 18.2 Å². The minimum Gasteiger partial charge on any atom is -0.507 e. The number of hydrogen-bond acceptors (Lipinski definition) is 3. The average Bonchev–Trinajstić information content (AvgIpc) is 2.92. The molecule has 0 bridgehead atoms. The van der Waals surface area contributed by atoms with Crippen molar-refractivity contribution in [2.45, 2.75) is 0 Å². The maximum atomic E-state index is 9.88. The van der Waals surface area contributed by atoms with Gasteiger partial charge >= 0.3 is 0 Å². The first-order chi connectivity index (χ1) is 9.24. The standard InChI is InChI=1S/C15H10ClNOS/c16-11-6-7-14(18)12(8-11)15-17-13(9-19-15)10-4-2-1-3-5-10/h1-9,18H. The van der Waals surface area contributed by atoms with Crippen LogP contribution in [0.25, 0.3) is 21.8 Å². The molecule has 0 radical (unpaired) electrons. The molecule has 3 aromatic rings. The van der Waals surface area contributed by atoms with Gasteiger partial charge in [-0.3, -0.25) is 0 Å². The van der Waals surface area contributed by atoms with Gasteiger partial charge in [-0.1, -0.05) is 41.9 Å². The summed E-state index contributed by atoms with van der Waals surface area (Å²) in [6.45, 7) is 0. The fourth-order valence-corrected chi connectivity index (χ4v) is 2.84. The van der Waals surface area contributed by atoms with Crippen molar-refractivity contribution in [3.05, 3.63) is 58.9 Å². The van der Waals surface area contributed by atoms with Crippen LogP contribution in [0.5, 0.6) is 5.75 Å². The normalized spacial score (nSPS) is 10.6. The van der Waals surface area contributed by atoms with Gasteiger partial charge in [0.05, 0.1) is 11.3 Å². The maximum Gasteiger partial charge on any atom is 0.127 e. The minimum atomic E-state index is 0.193. The molecule has 0 saturated carbocycles. The van der Waals surface area contributed by atoms with Crippen LogP contribution in [0.4, 0.5) is 0 Å². The van der Waals surface area contributed by atoms with Crippen LogP contribution < -0.4 is 0 Å². The Kier molecular flexibility index (Phi) is 3.23. The van der Waals surface area contributed by atoms with Crippen LogP contribution in [-0.4, -0.2) is 10.1 Å². The number of aromatic nitrogens is 1. The highest BCUT2D eigenvalue weighted by molar-refractivity contribution is 7.13. The summed E-state index contributed by atoms with van der Waals surface area (Å²) in [5, 5.41) is 13.2. The largest absolute Gasteiger partial charge is 0.507 e. The molecule has 0 spiro atoms.